The van der Waals surface area contributed by atoms with E-state index in [9.17, 15) is 9.18 Å². The zero-order chi connectivity index (χ0) is 19.1. The lowest BCUT2D eigenvalue weighted by atomic mass is 10.2. The van der Waals surface area contributed by atoms with E-state index in [0.717, 1.165) is 15.6 Å². The van der Waals surface area contributed by atoms with Gasteiger partial charge in [-0.3, -0.25) is 4.79 Å². The minimum atomic E-state index is -0.285. The van der Waals surface area contributed by atoms with Crippen molar-refractivity contribution in [3.63, 3.8) is 0 Å². The van der Waals surface area contributed by atoms with Gasteiger partial charge in [0.15, 0.2) is 0 Å². The van der Waals surface area contributed by atoms with Crippen molar-refractivity contribution in [2.75, 3.05) is 0 Å². The van der Waals surface area contributed by atoms with Crippen LogP contribution in [-0.2, 0) is 6.61 Å². The van der Waals surface area contributed by atoms with Gasteiger partial charge in [-0.1, -0.05) is 34.1 Å². The third-order valence-electron chi connectivity index (χ3n) is 3.67. The number of carbonyl (C=O) groups is 1. The van der Waals surface area contributed by atoms with Crippen LogP contribution in [0.2, 0.25) is 0 Å². The van der Waals surface area contributed by atoms with Gasteiger partial charge in [-0.05, 0) is 65.7 Å². The Morgan fingerprint density at radius 3 is 2.52 bits per heavy atom. The SMILES string of the molecule is O=C(N/N=C\c1ccc(OCc2ccc(F)cc2)cc1)c1cccc(Br)c1. The number of amides is 1. The molecule has 0 aliphatic carbocycles. The molecule has 0 saturated heterocycles. The molecule has 3 aromatic carbocycles. The van der Waals surface area contributed by atoms with Crippen molar-refractivity contribution in [2.45, 2.75) is 6.61 Å². The Morgan fingerprint density at radius 2 is 1.81 bits per heavy atom. The van der Waals surface area contributed by atoms with Gasteiger partial charge in [0.1, 0.15) is 18.2 Å². The van der Waals surface area contributed by atoms with E-state index < -0.39 is 0 Å². The van der Waals surface area contributed by atoms with E-state index in [1.165, 1.54) is 12.1 Å². The van der Waals surface area contributed by atoms with Crippen LogP contribution in [0.5, 0.6) is 5.75 Å². The van der Waals surface area contributed by atoms with Crippen LogP contribution >= 0.6 is 15.9 Å². The van der Waals surface area contributed by atoms with Crippen LogP contribution in [0.4, 0.5) is 4.39 Å². The zero-order valence-electron chi connectivity index (χ0n) is 14.2. The number of rotatable bonds is 6. The lowest BCUT2D eigenvalue weighted by molar-refractivity contribution is 0.0955. The number of nitrogens with one attached hydrogen (secondary N) is 1. The second-order valence-electron chi connectivity index (χ2n) is 5.69. The fraction of sp³-hybridized carbons (Fsp3) is 0.0476. The highest BCUT2D eigenvalue weighted by molar-refractivity contribution is 9.10. The lowest BCUT2D eigenvalue weighted by Crippen LogP contribution is -2.17. The van der Waals surface area contributed by atoms with E-state index in [2.05, 4.69) is 26.5 Å². The van der Waals surface area contributed by atoms with E-state index in [-0.39, 0.29) is 11.7 Å². The molecule has 0 unspecified atom stereocenters. The molecule has 0 aromatic heterocycles. The van der Waals surface area contributed by atoms with Gasteiger partial charge < -0.3 is 4.74 Å². The topological polar surface area (TPSA) is 50.7 Å². The summed E-state index contributed by atoms with van der Waals surface area (Å²) in [5.41, 5.74) is 4.71. The lowest BCUT2D eigenvalue weighted by Gasteiger charge is -2.06. The molecule has 4 nitrogen and oxygen atoms in total. The molecule has 0 atom stereocenters. The summed E-state index contributed by atoms with van der Waals surface area (Å²) in [6.07, 6.45) is 1.56. The number of carbonyl (C=O) groups excluding carboxylic acids is 1. The fourth-order valence-corrected chi connectivity index (χ4v) is 2.66. The highest BCUT2D eigenvalue weighted by atomic mass is 79.9. The van der Waals surface area contributed by atoms with E-state index in [4.69, 9.17) is 4.74 Å². The molecule has 136 valence electrons. The van der Waals surface area contributed by atoms with Crippen molar-refractivity contribution >= 4 is 28.1 Å². The average Bonchev–Trinajstić information content (AvgIpc) is 2.68. The van der Waals surface area contributed by atoms with Crippen LogP contribution in [0.15, 0.2) is 82.4 Å². The van der Waals surface area contributed by atoms with Crippen LogP contribution in [0, 0.1) is 5.82 Å². The summed E-state index contributed by atoms with van der Waals surface area (Å²) in [5, 5.41) is 3.96. The molecule has 0 spiro atoms. The van der Waals surface area contributed by atoms with Crippen LogP contribution in [0.3, 0.4) is 0 Å². The summed E-state index contributed by atoms with van der Waals surface area (Å²) >= 11 is 3.33. The molecule has 27 heavy (non-hydrogen) atoms. The highest BCUT2D eigenvalue weighted by Gasteiger charge is 2.03. The van der Waals surface area contributed by atoms with E-state index in [0.29, 0.717) is 17.9 Å². The normalized spacial score (nSPS) is 10.7. The maximum absolute atomic E-state index is 12.9. The van der Waals surface area contributed by atoms with Crippen molar-refractivity contribution in [2.24, 2.45) is 5.10 Å². The van der Waals surface area contributed by atoms with Crippen molar-refractivity contribution < 1.29 is 13.9 Å². The van der Waals surface area contributed by atoms with Gasteiger partial charge in [-0.2, -0.15) is 5.10 Å². The van der Waals surface area contributed by atoms with E-state index >= 15 is 0 Å². The summed E-state index contributed by atoms with van der Waals surface area (Å²) in [5.74, 6) is 0.135. The maximum Gasteiger partial charge on any atom is 0.271 e. The molecule has 0 aliphatic heterocycles. The molecule has 0 heterocycles. The van der Waals surface area contributed by atoms with Crippen LogP contribution < -0.4 is 10.2 Å². The quantitative estimate of drug-likeness (QED) is 0.448. The molecule has 3 rings (SSSR count). The Morgan fingerprint density at radius 1 is 1.07 bits per heavy atom. The summed E-state index contributed by atoms with van der Waals surface area (Å²) < 4.78 is 19.4. The first-order valence-corrected chi connectivity index (χ1v) is 8.96. The average molecular weight is 427 g/mol. The predicted molar refractivity (Wildman–Crippen MR) is 106 cm³/mol. The van der Waals surface area contributed by atoms with Crippen LogP contribution in [0.1, 0.15) is 21.5 Å². The number of hydrazone groups is 1. The van der Waals surface area contributed by atoms with E-state index in [1.807, 2.05) is 18.2 Å². The molecule has 3 aromatic rings. The number of hydrogen-bond donors (Lipinski definition) is 1. The van der Waals surface area contributed by atoms with Crippen molar-refractivity contribution in [1.29, 1.82) is 0 Å². The molecular formula is C21H16BrFN2O2. The van der Waals surface area contributed by atoms with Gasteiger partial charge in [-0.25, -0.2) is 9.82 Å². The molecule has 1 amide bonds. The molecule has 0 radical (unpaired) electrons. The van der Waals surface area contributed by atoms with Crippen molar-refractivity contribution in [3.8, 4) is 5.75 Å². The number of halogens is 2. The van der Waals surface area contributed by atoms with Crippen LogP contribution in [-0.4, -0.2) is 12.1 Å². The molecule has 1 N–H and O–H groups in total. The Kier molecular flexibility index (Phi) is 6.33. The molecule has 0 saturated carbocycles. The zero-order valence-corrected chi connectivity index (χ0v) is 15.8. The smallest absolute Gasteiger partial charge is 0.271 e. The maximum atomic E-state index is 12.9. The number of nitrogens with zero attached hydrogens (tertiary/aromatic N) is 1. The van der Waals surface area contributed by atoms with Gasteiger partial charge in [-0.15, -0.1) is 0 Å². The fourth-order valence-electron chi connectivity index (χ4n) is 2.26. The predicted octanol–water partition coefficient (Wildman–Crippen LogP) is 4.93. The third-order valence-corrected chi connectivity index (χ3v) is 4.16. The molecule has 0 fully saturated rings. The number of benzene rings is 3. The summed E-state index contributed by atoms with van der Waals surface area (Å²) in [6.45, 7) is 0.358. The Labute approximate surface area is 164 Å². The highest BCUT2D eigenvalue weighted by Crippen LogP contribution is 2.14. The second kappa shape index (κ2) is 9.09. The van der Waals surface area contributed by atoms with Gasteiger partial charge >= 0.3 is 0 Å². The van der Waals surface area contributed by atoms with Crippen molar-refractivity contribution in [1.82, 2.24) is 5.43 Å². The van der Waals surface area contributed by atoms with Gasteiger partial charge in [0, 0.05) is 10.0 Å². The first-order valence-electron chi connectivity index (χ1n) is 8.16. The van der Waals surface area contributed by atoms with Gasteiger partial charge in [0.2, 0.25) is 0 Å². The Hall–Kier alpha value is -2.99. The standard InChI is InChI=1S/C21H16BrFN2O2/c22-18-3-1-2-17(12-18)21(26)25-24-13-15-6-10-20(11-7-15)27-14-16-4-8-19(23)9-5-16/h1-13H,14H2,(H,25,26)/b24-13-. The van der Waals surface area contributed by atoms with Gasteiger partial charge in [0.25, 0.3) is 5.91 Å². The molecule has 0 aliphatic rings. The van der Waals surface area contributed by atoms with Crippen LogP contribution in [0.25, 0.3) is 0 Å². The largest absolute Gasteiger partial charge is 0.489 e. The molecule has 6 heteroatoms. The third kappa shape index (κ3) is 5.76. The number of hydrogen-bond acceptors (Lipinski definition) is 3. The second-order valence-corrected chi connectivity index (χ2v) is 6.61. The van der Waals surface area contributed by atoms with E-state index in [1.54, 1.807) is 48.7 Å². The molecular weight excluding hydrogens is 411 g/mol. The Bertz CT molecular complexity index is 941. The van der Waals surface area contributed by atoms with Crippen molar-refractivity contribution in [3.05, 3.63) is 99.8 Å². The molecule has 0 bridgehead atoms. The minimum Gasteiger partial charge on any atom is -0.489 e. The monoisotopic (exact) mass is 426 g/mol. The number of ether oxygens (including phenoxy) is 1. The Balaban J connectivity index is 1.51. The summed E-state index contributed by atoms with van der Waals surface area (Å²) in [4.78, 5) is 12.0. The summed E-state index contributed by atoms with van der Waals surface area (Å²) in [7, 11) is 0. The summed E-state index contributed by atoms with van der Waals surface area (Å²) in [6, 6.07) is 20.5. The minimum absolute atomic E-state index is 0.269. The van der Waals surface area contributed by atoms with Gasteiger partial charge in [0.05, 0.1) is 6.21 Å². The first-order chi connectivity index (χ1) is 13.1. The first kappa shape index (κ1) is 18.8.